The van der Waals surface area contributed by atoms with Crippen molar-refractivity contribution >= 4 is 11.6 Å². The van der Waals surface area contributed by atoms with Gasteiger partial charge in [0, 0.05) is 24.8 Å². The molecule has 1 aliphatic rings. The molecule has 1 aromatic heterocycles. The molecule has 1 amide bonds. The van der Waals surface area contributed by atoms with Gasteiger partial charge in [-0.3, -0.25) is 9.78 Å². The van der Waals surface area contributed by atoms with E-state index in [1.165, 1.54) is 0 Å². The summed E-state index contributed by atoms with van der Waals surface area (Å²) < 4.78 is 10.5. The van der Waals surface area contributed by atoms with E-state index < -0.39 is 0 Å². The van der Waals surface area contributed by atoms with Crippen LogP contribution >= 0.6 is 0 Å². The van der Waals surface area contributed by atoms with E-state index >= 15 is 0 Å². The van der Waals surface area contributed by atoms with Crippen molar-refractivity contribution in [3.63, 3.8) is 0 Å². The summed E-state index contributed by atoms with van der Waals surface area (Å²) in [5.41, 5.74) is 1.86. The van der Waals surface area contributed by atoms with E-state index in [9.17, 15) is 4.79 Å². The number of methoxy groups -OCH3 is 2. The molecule has 3 rings (SSSR count). The molecule has 26 heavy (non-hydrogen) atoms. The predicted molar refractivity (Wildman–Crippen MR) is 101 cm³/mol. The van der Waals surface area contributed by atoms with Gasteiger partial charge in [0.25, 0.3) is 0 Å². The zero-order chi connectivity index (χ0) is 18.4. The average molecular weight is 355 g/mol. The predicted octanol–water partition coefficient (Wildman–Crippen LogP) is 2.43. The molecule has 0 radical (unpaired) electrons. The van der Waals surface area contributed by atoms with Crippen LogP contribution in [0.15, 0.2) is 42.6 Å². The van der Waals surface area contributed by atoms with Crippen LogP contribution < -0.4 is 19.7 Å². The topological polar surface area (TPSA) is 63.7 Å². The molecule has 0 aliphatic carbocycles. The number of aromatic nitrogens is 1. The summed E-state index contributed by atoms with van der Waals surface area (Å²) >= 11 is 0. The highest BCUT2D eigenvalue weighted by atomic mass is 16.5. The zero-order valence-electron chi connectivity index (χ0n) is 15.3. The number of nitrogens with one attached hydrogen (secondary N) is 1. The minimum Gasteiger partial charge on any atom is -0.495 e. The van der Waals surface area contributed by atoms with Crippen LogP contribution in [0.25, 0.3) is 0 Å². The molecule has 0 atom stereocenters. The van der Waals surface area contributed by atoms with Crippen LogP contribution in [-0.2, 0) is 11.2 Å². The van der Waals surface area contributed by atoms with Crippen molar-refractivity contribution < 1.29 is 14.3 Å². The first-order valence-electron chi connectivity index (χ1n) is 8.86. The number of amides is 1. The molecule has 0 bridgehead atoms. The highest BCUT2D eigenvalue weighted by Gasteiger charge is 2.22. The van der Waals surface area contributed by atoms with Crippen molar-refractivity contribution in [2.75, 3.05) is 32.2 Å². The summed E-state index contributed by atoms with van der Waals surface area (Å²) in [7, 11) is 3.29. The number of ether oxygens (including phenoxy) is 2. The van der Waals surface area contributed by atoms with Crippen LogP contribution in [0, 0.1) is 0 Å². The quantitative estimate of drug-likeness (QED) is 0.862. The number of para-hydroxylation sites is 2. The molecule has 1 aromatic carbocycles. The Morgan fingerprint density at radius 2 is 1.92 bits per heavy atom. The summed E-state index contributed by atoms with van der Waals surface area (Å²) in [6.07, 6.45) is 3.75. The van der Waals surface area contributed by atoms with E-state index in [0.29, 0.717) is 5.75 Å². The number of rotatable bonds is 6. The highest BCUT2D eigenvalue weighted by Crippen LogP contribution is 2.29. The van der Waals surface area contributed by atoms with Crippen molar-refractivity contribution in [2.45, 2.75) is 25.3 Å². The maximum Gasteiger partial charge on any atom is 0.226 e. The van der Waals surface area contributed by atoms with E-state index in [2.05, 4.69) is 21.3 Å². The van der Waals surface area contributed by atoms with Gasteiger partial charge in [0.2, 0.25) is 5.91 Å². The molecular weight excluding hydrogens is 330 g/mol. The standard InChI is InChI=1S/C20H25N3O3/c1-25-17-8-7-16(21-14-17)13-20(24)22-15-9-11-23(12-10-15)18-5-3-4-6-19(18)26-2/h3-8,14-15H,9-13H2,1-2H3,(H,22,24). The number of hydrogen-bond acceptors (Lipinski definition) is 5. The fraction of sp³-hybridized carbons (Fsp3) is 0.400. The second kappa shape index (κ2) is 8.56. The third-order valence-corrected chi connectivity index (χ3v) is 4.66. The number of carbonyl (C=O) groups is 1. The number of hydrogen-bond donors (Lipinski definition) is 1. The third-order valence-electron chi connectivity index (χ3n) is 4.66. The number of anilines is 1. The largest absolute Gasteiger partial charge is 0.495 e. The summed E-state index contributed by atoms with van der Waals surface area (Å²) in [4.78, 5) is 18.8. The summed E-state index contributed by atoms with van der Waals surface area (Å²) in [6.45, 7) is 1.79. The van der Waals surface area contributed by atoms with Crippen LogP contribution in [0.1, 0.15) is 18.5 Å². The molecular formula is C20H25N3O3. The molecule has 6 heteroatoms. The summed E-state index contributed by atoms with van der Waals surface area (Å²) in [5, 5.41) is 3.13. The van der Waals surface area contributed by atoms with E-state index in [-0.39, 0.29) is 18.4 Å². The van der Waals surface area contributed by atoms with Crippen molar-refractivity contribution in [1.82, 2.24) is 10.3 Å². The second-order valence-corrected chi connectivity index (χ2v) is 6.37. The fourth-order valence-electron chi connectivity index (χ4n) is 3.24. The van der Waals surface area contributed by atoms with E-state index in [1.807, 2.05) is 30.3 Å². The van der Waals surface area contributed by atoms with E-state index in [0.717, 1.165) is 43.1 Å². The maximum absolute atomic E-state index is 12.3. The van der Waals surface area contributed by atoms with Gasteiger partial charge in [0.05, 0.1) is 32.5 Å². The molecule has 2 aromatic rings. The van der Waals surface area contributed by atoms with Gasteiger partial charge in [-0.15, -0.1) is 0 Å². The Morgan fingerprint density at radius 3 is 2.58 bits per heavy atom. The first-order valence-corrected chi connectivity index (χ1v) is 8.86. The molecule has 1 fully saturated rings. The Morgan fingerprint density at radius 1 is 1.15 bits per heavy atom. The number of nitrogens with zero attached hydrogens (tertiary/aromatic N) is 2. The van der Waals surface area contributed by atoms with Gasteiger partial charge in [-0.2, -0.15) is 0 Å². The van der Waals surface area contributed by atoms with Gasteiger partial charge in [-0.25, -0.2) is 0 Å². The third kappa shape index (κ3) is 4.45. The molecule has 2 heterocycles. The fourth-order valence-corrected chi connectivity index (χ4v) is 3.24. The number of piperidine rings is 1. The normalized spacial score (nSPS) is 14.8. The lowest BCUT2D eigenvalue weighted by molar-refractivity contribution is -0.121. The molecule has 0 spiro atoms. The molecule has 6 nitrogen and oxygen atoms in total. The van der Waals surface area contributed by atoms with Gasteiger partial charge in [-0.1, -0.05) is 12.1 Å². The molecule has 1 saturated heterocycles. The van der Waals surface area contributed by atoms with Crippen LogP contribution in [0.5, 0.6) is 11.5 Å². The van der Waals surface area contributed by atoms with Crippen LogP contribution in [0.2, 0.25) is 0 Å². The van der Waals surface area contributed by atoms with Crippen molar-refractivity contribution in [1.29, 1.82) is 0 Å². The second-order valence-electron chi connectivity index (χ2n) is 6.37. The Hall–Kier alpha value is -2.76. The Balaban J connectivity index is 1.49. The Labute approximate surface area is 154 Å². The molecule has 1 N–H and O–H groups in total. The van der Waals surface area contributed by atoms with Crippen LogP contribution in [0.3, 0.4) is 0 Å². The van der Waals surface area contributed by atoms with Crippen molar-refractivity contribution in [3.8, 4) is 11.5 Å². The Kier molecular flexibility index (Phi) is 5.94. The number of benzene rings is 1. The Bertz CT molecular complexity index is 725. The van der Waals surface area contributed by atoms with Gasteiger partial charge in [0.1, 0.15) is 11.5 Å². The average Bonchev–Trinajstić information content (AvgIpc) is 2.69. The molecule has 0 saturated carbocycles. The summed E-state index contributed by atoms with van der Waals surface area (Å²) in [5.74, 6) is 1.59. The van der Waals surface area contributed by atoms with Gasteiger partial charge < -0.3 is 19.7 Å². The maximum atomic E-state index is 12.3. The molecule has 0 unspecified atom stereocenters. The lowest BCUT2D eigenvalue weighted by Crippen LogP contribution is -2.45. The number of pyridine rings is 1. The minimum absolute atomic E-state index is 0.0124. The molecule has 1 aliphatic heterocycles. The lowest BCUT2D eigenvalue weighted by Gasteiger charge is -2.34. The van der Waals surface area contributed by atoms with Crippen molar-refractivity contribution in [2.24, 2.45) is 0 Å². The van der Waals surface area contributed by atoms with Gasteiger partial charge in [0.15, 0.2) is 0 Å². The smallest absolute Gasteiger partial charge is 0.226 e. The minimum atomic E-state index is 0.0124. The van der Waals surface area contributed by atoms with Gasteiger partial charge >= 0.3 is 0 Å². The van der Waals surface area contributed by atoms with Crippen LogP contribution in [-0.4, -0.2) is 44.2 Å². The SMILES string of the molecule is COc1ccc(CC(=O)NC2CCN(c3ccccc3OC)CC2)nc1. The van der Waals surface area contributed by atoms with E-state index in [4.69, 9.17) is 9.47 Å². The molecule has 138 valence electrons. The number of carbonyl (C=O) groups excluding carboxylic acids is 1. The van der Waals surface area contributed by atoms with Crippen molar-refractivity contribution in [3.05, 3.63) is 48.3 Å². The van der Waals surface area contributed by atoms with E-state index in [1.54, 1.807) is 20.4 Å². The lowest BCUT2D eigenvalue weighted by atomic mass is 10.0. The summed E-state index contributed by atoms with van der Waals surface area (Å²) in [6, 6.07) is 11.9. The first-order chi connectivity index (χ1) is 12.7. The highest BCUT2D eigenvalue weighted by molar-refractivity contribution is 5.78. The van der Waals surface area contributed by atoms with Crippen LogP contribution in [0.4, 0.5) is 5.69 Å². The monoisotopic (exact) mass is 355 g/mol. The first kappa shape index (κ1) is 18.0. The van der Waals surface area contributed by atoms with Gasteiger partial charge in [-0.05, 0) is 37.1 Å². The zero-order valence-corrected chi connectivity index (χ0v) is 15.3.